The largest absolute Gasteiger partial charge is 0.471 e. The van der Waals surface area contributed by atoms with Crippen LogP contribution >= 0.6 is 0 Å². The molecule has 0 radical (unpaired) electrons. The predicted octanol–water partition coefficient (Wildman–Crippen LogP) is 3.78. The van der Waals surface area contributed by atoms with Crippen molar-refractivity contribution in [2.75, 3.05) is 13.2 Å². The number of hydrogen-bond donors (Lipinski definition) is 0. The van der Waals surface area contributed by atoms with Crippen molar-refractivity contribution >= 4 is 11.6 Å². The van der Waals surface area contributed by atoms with E-state index in [0.29, 0.717) is 12.8 Å². The summed E-state index contributed by atoms with van der Waals surface area (Å²) in [5, 5.41) is 0. The highest BCUT2D eigenvalue weighted by Crippen LogP contribution is 2.28. The number of imidazole rings is 1. The first-order chi connectivity index (χ1) is 15.8. The van der Waals surface area contributed by atoms with Gasteiger partial charge in [-0.1, -0.05) is 0 Å². The number of likely N-dealkylation sites (tertiary alicyclic amines) is 1. The fraction of sp³-hybridized carbons (Fsp3) is 0.429. The number of halogens is 4. The van der Waals surface area contributed by atoms with Gasteiger partial charge in [0.05, 0.1) is 12.7 Å². The molecule has 4 heterocycles. The van der Waals surface area contributed by atoms with E-state index >= 15 is 0 Å². The Morgan fingerprint density at radius 1 is 1.15 bits per heavy atom. The fourth-order valence-electron chi connectivity index (χ4n) is 3.73. The van der Waals surface area contributed by atoms with Gasteiger partial charge in [0.1, 0.15) is 17.4 Å². The van der Waals surface area contributed by atoms with Gasteiger partial charge in [0, 0.05) is 24.6 Å². The predicted molar refractivity (Wildman–Crippen MR) is 108 cm³/mol. The first-order valence-corrected chi connectivity index (χ1v) is 10.3. The number of fused-ring (bicyclic) bond motifs is 1. The van der Waals surface area contributed by atoms with Crippen LogP contribution in [0, 0.1) is 0 Å². The molecule has 8 nitrogen and oxygen atoms in total. The quantitative estimate of drug-likeness (QED) is 0.492. The number of hydrogen-bond acceptors (Lipinski definition) is 6. The van der Waals surface area contributed by atoms with Crippen molar-refractivity contribution in [2.24, 2.45) is 0 Å². The van der Waals surface area contributed by atoms with Crippen LogP contribution in [-0.2, 0) is 0 Å². The van der Waals surface area contributed by atoms with Gasteiger partial charge >= 0.3 is 0 Å². The van der Waals surface area contributed by atoms with Gasteiger partial charge in [0.25, 0.3) is 24.6 Å². The summed E-state index contributed by atoms with van der Waals surface area (Å²) >= 11 is 0. The van der Waals surface area contributed by atoms with Crippen molar-refractivity contribution < 1.29 is 31.8 Å². The Labute approximate surface area is 186 Å². The number of ether oxygens (including phenoxy) is 2. The van der Waals surface area contributed by atoms with E-state index in [2.05, 4.69) is 15.0 Å². The van der Waals surface area contributed by atoms with Crippen LogP contribution in [0.25, 0.3) is 5.65 Å². The number of piperidine rings is 1. The summed E-state index contributed by atoms with van der Waals surface area (Å²) in [5.41, 5.74) is -0.0563. The first kappa shape index (κ1) is 22.7. The Morgan fingerprint density at radius 3 is 2.70 bits per heavy atom. The SMILES string of the molecule is C[C@@H]1CC[C@@H](Oc2nccn3c(C(F)F)cnc23)CN1C(=O)c1cccnc1OCC(F)F. The van der Waals surface area contributed by atoms with Crippen molar-refractivity contribution in [3.05, 3.63) is 48.2 Å². The summed E-state index contributed by atoms with van der Waals surface area (Å²) in [5.74, 6) is -0.514. The molecule has 1 aliphatic heterocycles. The number of rotatable bonds is 7. The highest BCUT2D eigenvalue weighted by atomic mass is 19.3. The number of pyridine rings is 1. The minimum absolute atomic E-state index is 0.0701. The van der Waals surface area contributed by atoms with Gasteiger partial charge in [-0.15, -0.1) is 0 Å². The Kier molecular flexibility index (Phi) is 6.61. The normalized spacial score (nSPS) is 18.8. The minimum atomic E-state index is -2.71. The van der Waals surface area contributed by atoms with Gasteiger partial charge in [0.2, 0.25) is 11.5 Å². The monoisotopic (exact) mass is 467 g/mol. The van der Waals surface area contributed by atoms with Crippen molar-refractivity contribution in [1.82, 2.24) is 24.3 Å². The van der Waals surface area contributed by atoms with E-state index in [1.165, 1.54) is 35.1 Å². The summed E-state index contributed by atoms with van der Waals surface area (Å²) in [4.78, 5) is 26.8. The zero-order chi connectivity index (χ0) is 23.5. The van der Waals surface area contributed by atoms with Crippen LogP contribution in [0.15, 0.2) is 36.9 Å². The lowest BCUT2D eigenvalue weighted by molar-refractivity contribution is 0.0365. The molecule has 0 aliphatic carbocycles. The van der Waals surface area contributed by atoms with Crippen LogP contribution in [0.2, 0.25) is 0 Å². The van der Waals surface area contributed by atoms with Crippen molar-refractivity contribution in [3.8, 4) is 11.8 Å². The zero-order valence-corrected chi connectivity index (χ0v) is 17.6. The minimum Gasteiger partial charge on any atom is -0.471 e. The molecule has 12 heteroatoms. The van der Waals surface area contributed by atoms with Crippen LogP contribution < -0.4 is 9.47 Å². The molecule has 0 N–H and O–H groups in total. The number of carbonyl (C=O) groups excluding carboxylic acids is 1. The molecule has 33 heavy (non-hydrogen) atoms. The number of nitrogens with zero attached hydrogens (tertiary/aromatic N) is 5. The van der Waals surface area contributed by atoms with Crippen molar-refractivity contribution in [3.63, 3.8) is 0 Å². The van der Waals surface area contributed by atoms with E-state index in [1.807, 2.05) is 6.92 Å². The van der Waals surface area contributed by atoms with Crippen LogP contribution in [0.1, 0.15) is 42.2 Å². The van der Waals surface area contributed by atoms with Crippen LogP contribution in [0.3, 0.4) is 0 Å². The Bertz CT molecular complexity index is 1130. The summed E-state index contributed by atoms with van der Waals surface area (Å²) < 4.78 is 63.7. The van der Waals surface area contributed by atoms with E-state index in [4.69, 9.17) is 9.47 Å². The Morgan fingerprint density at radius 2 is 1.94 bits per heavy atom. The molecule has 3 aromatic rings. The lowest BCUT2D eigenvalue weighted by atomic mass is 10.00. The molecule has 0 aromatic carbocycles. The maximum Gasteiger partial charge on any atom is 0.280 e. The summed E-state index contributed by atoms with van der Waals surface area (Å²) in [6, 6.07) is 2.83. The van der Waals surface area contributed by atoms with E-state index in [0.717, 1.165) is 6.20 Å². The molecule has 0 bridgehead atoms. The number of amides is 1. The van der Waals surface area contributed by atoms with Gasteiger partial charge in [-0.2, -0.15) is 0 Å². The van der Waals surface area contributed by atoms with Gasteiger partial charge in [-0.3, -0.25) is 9.20 Å². The van der Waals surface area contributed by atoms with E-state index < -0.39 is 31.5 Å². The van der Waals surface area contributed by atoms with Crippen molar-refractivity contribution in [2.45, 2.75) is 44.8 Å². The maximum atomic E-state index is 13.2. The second-order valence-electron chi connectivity index (χ2n) is 7.59. The molecule has 1 fully saturated rings. The Hall–Kier alpha value is -3.44. The van der Waals surface area contributed by atoms with Crippen LogP contribution in [-0.4, -0.2) is 61.9 Å². The topological polar surface area (TPSA) is 81.9 Å². The second kappa shape index (κ2) is 9.59. The number of aromatic nitrogens is 4. The van der Waals surface area contributed by atoms with Crippen LogP contribution in [0.5, 0.6) is 11.8 Å². The molecule has 0 spiro atoms. The summed E-state index contributed by atoms with van der Waals surface area (Å²) in [6.07, 6.45) is 0.444. The van der Waals surface area contributed by atoms with Gasteiger partial charge in [0.15, 0.2) is 6.61 Å². The summed E-state index contributed by atoms with van der Waals surface area (Å²) in [6.45, 7) is 1.17. The average molecular weight is 467 g/mol. The fourth-order valence-corrected chi connectivity index (χ4v) is 3.73. The van der Waals surface area contributed by atoms with Crippen LogP contribution in [0.4, 0.5) is 17.6 Å². The third-order valence-corrected chi connectivity index (χ3v) is 5.37. The Balaban J connectivity index is 1.53. The van der Waals surface area contributed by atoms with E-state index in [9.17, 15) is 22.4 Å². The third-order valence-electron chi connectivity index (χ3n) is 5.37. The molecular weight excluding hydrogens is 446 g/mol. The molecular formula is C21H21F4N5O3. The van der Waals surface area contributed by atoms with Gasteiger partial charge in [-0.25, -0.2) is 32.5 Å². The molecule has 1 aliphatic rings. The molecule has 1 saturated heterocycles. The molecule has 4 rings (SSSR count). The molecule has 1 amide bonds. The highest BCUT2D eigenvalue weighted by molar-refractivity contribution is 5.96. The molecule has 3 aromatic heterocycles. The summed E-state index contributed by atoms with van der Waals surface area (Å²) in [7, 11) is 0. The lowest BCUT2D eigenvalue weighted by Crippen LogP contribution is -2.49. The third kappa shape index (κ3) is 4.83. The van der Waals surface area contributed by atoms with E-state index in [1.54, 1.807) is 4.90 Å². The zero-order valence-electron chi connectivity index (χ0n) is 17.6. The molecule has 2 atom stereocenters. The lowest BCUT2D eigenvalue weighted by Gasteiger charge is -2.37. The molecule has 0 unspecified atom stereocenters. The van der Waals surface area contributed by atoms with Gasteiger partial charge in [-0.05, 0) is 31.9 Å². The average Bonchev–Trinajstić information content (AvgIpc) is 3.24. The first-order valence-electron chi connectivity index (χ1n) is 10.3. The molecule has 0 saturated carbocycles. The second-order valence-corrected chi connectivity index (χ2v) is 7.59. The number of carbonyl (C=O) groups is 1. The number of alkyl halides is 4. The highest BCUT2D eigenvalue weighted by Gasteiger charge is 2.33. The maximum absolute atomic E-state index is 13.2. The smallest absolute Gasteiger partial charge is 0.280 e. The van der Waals surface area contributed by atoms with Gasteiger partial charge < -0.3 is 14.4 Å². The van der Waals surface area contributed by atoms with E-state index in [-0.39, 0.29) is 41.3 Å². The molecule has 176 valence electrons. The standard InChI is InChI=1S/C21H21F4N5O3/c1-12-4-5-13(33-20-18-28-9-15(17(24)25)29(18)8-7-27-20)10-30(12)21(31)14-3-2-6-26-19(14)32-11-16(22)23/h2-3,6-9,12-13,16-17H,4-5,10-11H2,1H3/t12-,13-/m1/s1. The van der Waals surface area contributed by atoms with Crippen molar-refractivity contribution in [1.29, 1.82) is 0 Å².